The highest BCUT2D eigenvalue weighted by Gasteiger charge is 2.25. The maximum Gasteiger partial charge on any atom is 0.255 e. The molecule has 144 valence electrons. The van der Waals surface area contributed by atoms with Crippen LogP contribution in [0.5, 0.6) is 0 Å². The van der Waals surface area contributed by atoms with Crippen LogP contribution in [-0.4, -0.2) is 33.3 Å². The molecule has 0 unspecified atom stereocenters. The van der Waals surface area contributed by atoms with Crippen molar-refractivity contribution in [3.8, 4) is 0 Å². The van der Waals surface area contributed by atoms with Gasteiger partial charge in [0.15, 0.2) is 15.7 Å². The topological polar surface area (TPSA) is 72.5 Å². The van der Waals surface area contributed by atoms with Gasteiger partial charge in [0.1, 0.15) is 5.82 Å². The molecule has 1 saturated heterocycles. The Bertz CT molecular complexity index is 970. The molecule has 2 aromatic carbocycles. The molecule has 0 radical (unpaired) electrons. The number of rotatable bonds is 5. The summed E-state index contributed by atoms with van der Waals surface area (Å²) < 4.78 is 57.8. The van der Waals surface area contributed by atoms with E-state index in [2.05, 4.69) is 5.32 Å². The van der Waals surface area contributed by atoms with E-state index in [1.54, 1.807) is 0 Å². The van der Waals surface area contributed by atoms with E-state index in [-0.39, 0.29) is 33.4 Å². The smallest absolute Gasteiger partial charge is 0.255 e. The minimum Gasteiger partial charge on any atom is -0.381 e. The number of hydrogen-bond acceptors (Lipinski definition) is 4. The van der Waals surface area contributed by atoms with Gasteiger partial charge in [0.25, 0.3) is 5.91 Å². The van der Waals surface area contributed by atoms with Crippen molar-refractivity contribution in [2.24, 2.45) is 5.92 Å². The summed E-state index contributed by atoms with van der Waals surface area (Å²) in [4.78, 5) is 12.4. The maximum absolute atomic E-state index is 14.1. The molecule has 1 fully saturated rings. The molecular weight excluding hydrogens is 376 g/mol. The lowest BCUT2D eigenvalue weighted by molar-refractivity contribution is 0.102. The maximum atomic E-state index is 14.1. The first-order chi connectivity index (χ1) is 12.8. The number of ether oxygens (including phenoxy) is 1. The number of amides is 1. The van der Waals surface area contributed by atoms with Crippen LogP contribution < -0.4 is 5.32 Å². The van der Waals surface area contributed by atoms with Crippen LogP contribution in [0.15, 0.2) is 41.3 Å². The predicted molar refractivity (Wildman–Crippen MR) is 96.5 cm³/mol. The second-order valence-electron chi connectivity index (χ2n) is 6.53. The summed E-state index contributed by atoms with van der Waals surface area (Å²) in [6.45, 7) is 2.22. The van der Waals surface area contributed by atoms with Crippen molar-refractivity contribution in [3.63, 3.8) is 0 Å². The van der Waals surface area contributed by atoms with E-state index >= 15 is 0 Å². The van der Waals surface area contributed by atoms with Crippen LogP contribution in [0.25, 0.3) is 0 Å². The zero-order valence-electron chi connectivity index (χ0n) is 14.7. The van der Waals surface area contributed by atoms with E-state index in [0.717, 1.165) is 12.1 Å². The van der Waals surface area contributed by atoms with Crippen molar-refractivity contribution >= 4 is 21.4 Å². The number of halogens is 2. The van der Waals surface area contributed by atoms with Gasteiger partial charge < -0.3 is 10.1 Å². The first-order valence-electron chi connectivity index (χ1n) is 8.44. The van der Waals surface area contributed by atoms with Crippen molar-refractivity contribution in [3.05, 3.63) is 59.2 Å². The Kier molecular flexibility index (Phi) is 5.57. The fourth-order valence-corrected chi connectivity index (χ4v) is 4.57. The third kappa shape index (κ3) is 4.33. The van der Waals surface area contributed by atoms with Crippen LogP contribution in [0, 0.1) is 24.5 Å². The molecular formula is C19H19F2NO4S. The summed E-state index contributed by atoms with van der Waals surface area (Å²) >= 11 is 0. The van der Waals surface area contributed by atoms with Crippen LogP contribution >= 0.6 is 0 Å². The highest BCUT2D eigenvalue weighted by Crippen LogP contribution is 2.23. The van der Waals surface area contributed by atoms with E-state index in [9.17, 15) is 22.0 Å². The Labute approximate surface area is 156 Å². The summed E-state index contributed by atoms with van der Waals surface area (Å²) in [7, 11) is -3.58. The zero-order chi connectivity index (χ0) is 19.6. The predicted octanol–water partition coefficient (Wildman–Crippen LogP) is 3.34. The van der Waals surface area contributed by atoms with Crippen LogP contribution in [0.1, 0.15) is 22.3 Å². The van der Waals surface area contributed by atoms with E-state index in [1.165, 1.54) is 31.2 Å². The lowest BCUT2D eigenvalue weighted by atomic mass is 10.1. The summed E-state index contributed by atoms with van der Waals surface area (Å²) in [6.07, 6.45) is 0.683. The highest BCUT2D eigenvalue weighted by atomic mass is 32.2. The van der Waals surface area contributed by atoms with Gasteiger partial charge in [-0.2, -0.15) is 0 Å². The molecule has 0 aromatic heterocycles. The van der Waals surface area contributed by atoms with Gasteiger partial charge in [-0.25, -0.2) is 17.2 Å². The van der Waals surface area contributed by atoms with Gasteiger partial charge in [-0.15, -0.1) is 0 Å². The van der Waals surface area contributed by atoms with Gasteiger partial charge >= 0.3 is 0 Å². The highest BCUT2D eigenvalue weighted by molar-refractivity contribution is 7.91. The van der Waals surface area contributed by atoms with Gasteiger partial charge in [0.05, 0.1) is 22.9 Å². The molecule has 0 aliphatic carbocycles. The molecule has 1 N–H and O–H groups in total. The monoisotopic (exact) mass is 395 g/mol. The molecule has 0 spiro atoms. The Morgan fingerprint density at radius 1 is 1.26 bits per heavy atom. The molecule has 5 nitrogen and oxygen atoms in total. The van der Waals surface area contributed by atoms with Gasteiger partial charge in [0.2, 0.25) is 0 Å². The first-order valence-corrected chi connectivity index (χ1v) is 10.1. The van der Waals surface area contributed by atoms with Crippen molar-refractivity contribution in [1.82, 2.24) is 0 Å². The second-order valence-corrected chi connectivity index (χ2v) is 8.56. The molecule has 0 saturated carbocycles. The number of hydrogen-bond donors (Lipinski definition) is 1. The summed E-state index contributed by atoms with van der Waals surface area (Å²) in [6, 6.07) is 7.74. The normalized spacial score (nSPS) is 17.1. The second kappa shape index (κ2) is 7.74. The van der Waals surface area contributed by atoms with E-state index in [1.807, 2.05) is 0 Å². The lowest BCUT2D eigenvalue weighted by Crippen LogP contribution is -2.18. The first kappa shape index (κ1) is 19.4. The van der Waals surface area contributed by atoms with Crippen molar-refractivity contribution in [2.75, 3.05) is 24.3 Å². The molecule has 1 aliphatic heterocycles. The fraction of sp³-hybridized carbons (Fsp3) is 0.316. The van der Waals surface area contributed by atoms with Crippen LogP contribution in [-0.2, 0) is 14.6 Å². The third-order valence-electron chi connectivity index (χ3n) is 4.50. The Morgan fingerprint density at radius 3 is 2.74 bits per heavy atom. The number of carbonyl (C=O) groups is 1. The summed E-state index contributed by atoms with van der Waals surface area (Å²) in [5.41, 5.74) is -0.307. The molecule has 1 atom stereocenters. The SMILES string of the molecule is Cc1c(F)ccc(NC(=O)c2cccc(S(=O)(=O)C[C@H]3CCOC3)c2)c1F. The minimum atomic E-state index is -3.58. The van der Waals surface area contributed by atoms with Gasteiger partial charge in [-0.3, -0.25) is 4.79 Å². The number of benzene rings is 2. The number of anilines is 1. The number of sulfone groups is 1. The van der Waals surface area contributed by atoms with Gasteiger partial charge in [-0.1, -0.05) is 6.07 Å². The molecule has 2 aromatic rings. The van der Waals surface area contributed by atoms with Crippen LogP contribution in [0.4, 0.5) is 14.5 Å². The molecule has 1 heterocycles. The Morgan fingerprint density at radius 2 is 2.04 bits per heavy atom. The Hall–Kier alpha value is -2.32. The average Bonchev–Trinajstić information content (AvgIpc) is 3.14. The number of carbonyl (C=O) groups excluding carboxylic acids is 1. The van der Waals surface area contributed by atoms with E-state index < -0.39 is 27.4 Å². The summed E-state index contributed by atoms with van der Waals surface area (Å²) in [5, 5.41) is 2.35. The average molecular weight is 395 g/mol. The van der Waals surface area contributed by atoms with Crippen molar-refractivity contribution in [1.29, 1.82) is 0 Å². The van der Waals surface area contributed by atoms with Crippen molar-refractivity contribution in [2.45, 2.75) is 18.2 Å². The van der Waals surface area contributed by atoms with Crippen molar-refractivity contribution < 1.29 is 26.7 Å². The van der Waals surface area contributed by atoms with Crippen LogP contribution in [0.3, 0.4) is 0 Å². The zero-order valence-corrected chi connectivity index (χ0v) is 15.5. The van der Waals surface area contributed by atoms with Gasteiger partial charge in [-0.05, 0) is 49.6 Å². The molecule has 1 aliphatic rings. The van der Waals surface area contributed by atoms with E-state index in [0.29, 0.717) is 19.6 Å². The standard InChI is InChI=1S/C19H19F2NO4S/c1-12-16(20)5-6-17(18(12)21)22-19(23)14-3-2-4-15(9-14)27(24,25)11-13-7-8-26-10-13/h2-6,9,13H,7-8,10-11H2,1H3,(H,22,23)/t13-/m0/s1. The Balaban J connectivity index is 1.80. The molecule has 3 rings (SSSR count). The molecule has 27 heavy (non-hydrogen) atoms. The largest absolute Gasteiger partial charge is 0.381 e. The lowest BCUT2D eigenvalue weighted by Gasteiger charge is -2.11. The van der Waals surface area contributed by atoms with Crippen LogP contribution in [0.2, 0.25) is 0 Å². The molecule has 0 bridgehead atoms. The quantitative estimate of drug-likeness (QED) is 0.843. The molecule has 1 amide bonds. The van der Waals surface area contributed by atoms with E-state index in [4.69, 9.17) is 4.74 Å². The third-order valence-corrected chi connectivity index (χ3v) is 6.39. The van der Waals surface area contributed by atoms with Gasteiger partial charge in [0, 0.05) is 17.7 Å². The number of nitrogens with one attached hydrogen (secondary N) is 1. The summed E-state index contributed by atoms with van der Waals surface area (Å²) in [5.74, 6) is -2.38. The molecule has 8 heteroatoms. The fourth-order valence-electron chi connectivity index (χ4n) is 2.90. The minimum absolute atomic E-state index is 0.0257.